The summed E-state index contributed by atoms with van der Waals surface area (Å²) < 4.78 is 5.16. The van der Waals surface area contributed by atoms with Crippen LogP contribution in [0.25, 0.3) is 0 Å². The first kappa shape index (κ1) is 12.5. The number of methoxy groups -OCH3 is 1. The standard InChI is InChI=1S/C16H21NO2/c1-19-14-8-6-12(7-9-14)10-17-11-13-4-2-3-5-15(13)16(17)18/h6-9,13,15H,2-5,10-11H2,1H3. The zero-order valence-electron chi connectivity index (χ0n) is 11.5. The zero-order valence-corrected chi connectivity index (χ0v) is 11.5. The second kappa shape index (κ2) is 5.24. The summed E-state index contributed by atoms with van der Waals surface area (Å²) in [4.78, 5) is 14.4. The summed E-state index contributed by atoms with van der Waals surface area (Å²) in [6.45, 7) is 1.70. The van der Waals surface area contributed by atoms with E-state index in [0.29, 0.717) is 17.7 Å². The number of likely N-dealkylation sites (tertiary alicyclic amines) is 1. The number of rotatable bonds is 3. The Morgan fingerprint density at radius 3 is 2.63 bits per heavy atom. The highest BCUT2D eigenvalue weighted by Crippen LogP contribution is 2.37. The van der Waals surface area contributed by atoms with Crippen molar-refractivity contribution in [2.75, 3.05) is 13.7 Å². The molecule has 3 heteroatoms. The van der Waals surface area contributed by atoms with Crippen LogP contribution in [0.4, 0.5) is 0 Å². The largest absolute Gasteiger partial charge is 0.497 e. The molecule has 0 radical (unpaired) electrons. The molecular formula is C16H21NO2. The lowest BCUT2D eigenvalue weighted by molar-refractivity contribution is -0.132. The fourth-order valence-electron chi connectivity index (χ4n) is 3.45. The summed E-state index contributed by atoms with van der Waals surface area (Å²) in [7, 11) is 1.67. The summed E-state index contributed by atoms with van der Waals surface area (Å²) in [5.74, 6) is 2.16. The van der Waals surface area contributed by atoms with E-state index in [4.69, 9.17) is 4.74 Å². The molecule has 2 fully saturated rings. The Morgan fingerprint density at radius 1 is 1.21 bits per heavy atom. The van der Waals surface area contributed by atoms with E-state index in [-0.39, 0.29) is 0 Å². The fraction of sp³-hybridized carbons (Fsp3) is 0.562. The van der Waals surface area contributed by atoms with Crippen molar-refractivity contribution < 1.29 is 9.53 Å². The molecule has 1 aromatic rings. The molecule has 2 aliphatic rings. The van der Waals surface area contributed by atoms with Gasteiger partial charge in [0.2, 0.25) is 5.91 Å². The maximum Gasteiger partial charge on any atom is 0.226 e. The normalized spacial score (nSPS) is 26.4. The van der Waals surface area contributed by atoms with Gasteiger partial charge in [-0.1, -0.05) is 25.0 Å². The lowest BCUT2D eigenvalue weighted by atomic mass is 9.81. The molecule has 3 nitrogen and oxygen atoms in total. The van der Waals surface area contributed by atoms with E-state index >= 15 is 0 Å². The molecule has 1 saturated carbocycles. The number of nitrogens with zero attached hydrogens (tertiary/aromatic N) is 1. The van der Waals surface area contributed by atoms with Gasteiger partial charge >= 0.3 is 0 Å². The van der Waals surface area contributed by atoms with Gasteiger partial charge in [0.15, 0.2) is 0 Å². The SMILES string of the molecule is COc1ccc(CN2CC3CCCCC3C2=O)cc1. The molecule has 1 amide bonds. The second-order valence-electron chi connectivity index (χ2n) is 5.72. The quantitative estimate of drug-likeness (QED) is 0.835. The van der Waals surface area contributed by atoms with Gasteiger partial charge in [0, 0.05) is 19.0 Å². The van der Waals surface area contributed by atoms with Crippen molar-refractivity contribution in [1.29, 1.82) is 0 Å². The van der Waals surface area contributed by atoms with E-state index in [1.807, 2.05) is 29.2 Å². The average molecular weight is 259 g/mol. The van der Waals surface area contributed by atoms with Crippen LogP contribution < -0.4 is 4.74 Å². The number of amides is 1. The third-order valence-electron chi connectivity index (χ3n) is 4.53. The first-order chi connectivity index (χ1) is 9.28. The van der Waals surface area contributed by atoms with Crippen molar-refractivity contribution in [2.24, 2.45) is 11.8 Å². The maximum absolute atomic E-state index is 12.4. The minimum Gasteiger partial charge on any atom is -0.497 e. The van der Waals surface area contributed by atoms with E-state index in [1.165, 1.54) is 24.8 Å². The highest BCUT2D eigenvalue weighted by atomic mass is 16.5. The molecule has 1 saturated heterocycles. The van der Waals surface area contributed by atoms with Gasteiger partial charge < -0.3 is 9.64 Å². The average Bonchev–Trinajstić information content (AvgIpc) is 2.77. The van der Waals surface area contributed by atoms with Crippen LogP contribution in [-0.2, 0) is 11.3 Å². The van der Waals surface area contributed by atoms with Crippen LogP contribution in [0.2, 0.25) is 0 Å². The molecule has 2 atom stereocenters. The van der Waals surface area contributed by atoms with Crippen LogP contribution in [-0.4, -0.2) is 24.5 Å². The monoisotopic (exact) mass is 259 g/mol. The van der Waals surface area contributed by atoms with Gasteiger partial charge in [-0.25, -0.2) is 0 Å². The minimum atomic E-state index is 0.312. The van der Waals surface area contributed by atoms with Gasteiger partial charge in [-0.2, -0.15) is 0 Å². The summed E-state index contributed by atoms with van der Waals surface area (Å²) in [5, 5.41) is 0. The number of hydrogen-bond donors (Lipinski definition) is 0. The van der Waals surface area contributed by atoms with E-state index < -0.39 is 0 Å². The molecule has 1 aliphatic carbocycles. The van der Waals surface area contributed by atoms with Crippen LogP contribution >= 0.6 is 0 Å². The van der Waals surface area contributed by atoms with Gasteiger partial charge in [0.1, 0.15) is 5.75 Å². The molecule has 0 bridgehead atoms. The number of carbonyl (C=O) groups excluding carboxylic acids is 1. The molecule has 1 heterocycles. The van der Waals surface area contributed by atoms with Gasteiger partial charge in [0.05, 0.1) is 7.11 Å². The highest BCUT2D eigenvalue weighted by Gasteiger charge is 2.40. The molecule has 0 spiro atoms. The Hall–Kier alpha value is -1.51. The van der Waals surface area contributed by atoms with Crippen LogP contribution in [0.5, 0.6) is 5.75 Å². The highest BCUT2D eigenvalue weighted by molar-refractivity contribution is 5.81. The topological polar surface area (TPSA) is 29.5 Å². The Labute approximate surface area is 114 Å². The molecular weight excluding hydrogens is 238 g/mol. The molecule has 1 aromatic carbocycles. The third kappa shape index (κ3) is 2.46. The zero-order chi connectivity index (χ0) is 13.2. The predicted molar refractivity (Wildman–Crippen MR) is 73.9 cm³/mol. The van der Waals surface area contributed by atoms with Gasteiger partial charge in [-0.15, -0.1) is 0 Å². The number of ether oxygens (including phenoxy) is 1. The van der Waals surface area contributed by atoms with E-state index in [9.17, 15) is 4.79 Å². The van der Waals surface area contributed by atoms with Gasteiger partial charge in [-0.3, -0.25) is 4.79 Å². The van der Waals surface area contributed by atoms with Crippen LogP contribution in [0, 0.1) is 11.8 Å². The summed E-state index contributed by atoms with van der Waals surface area (Å²) in [6.07, 6.45) is 4.85. The molecule has 1 aliphatic heterocycles. The first-order valence-corrected chi connectivity index (χ1v) is 7.19. The molecule has 2 unspecified atom stereocenters. The first-order valence-electron chi connectivity index (χ1n) is 7.19. The maximum atomic E-state index is 12.4. The molecule has 19 heavy (non-hydrogen) atoms. The summed E-state index contributed by atoms with van der Waals surface area (Å²) in [5.41, 5.74) is 1.19. The Balaban J connectivity index is 1.67. The molecule has 0 N–H and O–H groups in total. The van der Waals surface area contributed by atoms with Crippen LogP contribution in [0.1, 0.15) is 31.2 Å². The summed E-state index contributed by atoms with van der Waals surface area (Å²) in [6, 6.07) is 8.02. The second-order valence-corrected chi connectivity index (χ2v) is 5.72. The Bertz CT molecular complexity index is 454. The van der Waals surface area contributed by atoms with Crippen LogP contribution in [0.15, 0.2) is 24.3 Å². The van der Waals surface area contributed by atoms with E-state index in [1.54, 1.807) is 7.11 Å². The van der Waals surface area contributed by atoms with Crippen molar-refractivity contribution in [2.45, 2.75) is 32.2 Å². The van der Waals surface area contributed by atoms with Gasteiger partial charge in [-0.05, 0) is 36.5 Å². The predicted octanol–water partition coefficient (Wildman–Crippen LogP) is 2.84. The van der Waals surface area contributed by atoms with Crippen molar-refractivity contribution >= 4 is 5.91 Å². The Kier molecular flexibility index (Phi) is 3.45. The van der Waals surface area contributed by atoms with Crippen molar-refractivity contribution in [3.05, 3.63) is 29.8 Å². The number of benzene rings is 1. The summed E-state index contributed by atoms with van der Waals surface area (Å²) >= 11 is 0. The van der Waals surface area contributed by atoms with E-state index in [2.05, 4.69) is 0 Å². The smallest absolute Gasteiger partial charge is 0.226 e. The number of fused-ring (bicyclic) bond motifs is 1. The minimum absolute atomic E-state index is 0.312. The van der Waals surface area contributed by atoms with Gasteiger partial charge in [0.25, 0.3) is 0 Å². The van der Waals surface area contributed by atoms with Crippen molar-refractivity contribution in [1.82, 2.24) is 4.90 Å². The fourth-order valence-corrected chi connectivity index (χ4v) is 3.45. The van der Waals surface area contributed by atoms with Crippen molar-refractivity contribution in [3.63, 3.8) is 0 Å². The van der Waals surface area contributed by atoms with Crippen LogP contribution in [0.3, 0.4) is 0 Å². The number of hydrogen-bond acceptors (Lipinski definition) is 2. The lowest BCUT2D eigenvalue weighted by Gasteiger charge is -2.21. The lowest BCUT2D eigenvalue weighted by Crippen LogP contribution is -2.27. The number of carbonyl (C=O) groups is 1. The van der Waals surface area contributed by atoms with E-state index in [0.717, 1.165) is 25.3 Å². The van der Waals surface area contributed by atoms with Crippen molar-refractivity contribution in [3.8, 4) is 5.75 Å². The molecule has 102 valence electrons. The molecule has 3 rings (SSSR count). The third-order valence-corrected chi connectivity index (χ3v) is 4.53. The Morgan fingerprint density at radius 2 is 1.95 bits per heavy atom. The molecule has 0 aromatic heterocycles.